The third-order valence-electron chi connectivity index (χ3n) is 0.559. The largest absolute Gasteiger partial charge is 2.00 e. The molecule has 0 unspecified atom stereocenters. The first-order valence-corrected chi connectivity index (χ1v) is 3.21. The van der Waals surface area contributed by atoms with Gasteiger partial charge in [-0.2, -0.15) is 8.42 Å². The van der Waals surface area contributed by atoms with Crippen molar-refractivity contribution in [1.29, 1.82) is 0 Å². The van der Waals surface area contributed by atoms with Crippen LogP contribution in [0.2, 0.25) is 0 Å². The van der Waals surface area contributed by atoms with Crippen LogP contribution in [0.3, 0.4) is 0 Å². The van der Waals surface area contributed by atoms with Crippen molar-refractivity contribution in [2.24, 2.45) is 0 Å². The summed E-state index contributed by atoms with van der Waals surface area (Å²) in [5.74, 6) is 0. The van der Waals surface area contributed by atoms with Gasteiger partial charge in [-0.25, -0.2) is 0 Å². The molecule has 0 rings (SSSR count). The summed E-state index contributed by atoms with van der Waals surface area (Å²) in [7, 11) is -4.07. The van der Waals surface area contributed by atoms with Crippen LogP contribution in [0.1, 0.15) is 2.85 Å². The van der Waals surface area contributed by atoms with Crippen LogP contribution < -0.4 is 0 Å². The van der Waals surface area contributed by atoms with Crippen molar-refractivity contribution in [1.82, 2.24) is 0 Å². The maximum absolute atomic E-state index is 9.95. The summed E-state index contributed by atoms with van der Waals surface area (Å²) in [6, 6.07) is 0. The SMILES string of the molecule is C=CC(=C)S(=O)(=O)O.[Ba+2].[H-].[H-]. The van der Waals surface area contributed by atoms with Gasteiger partial charge in [-0.3, -0.25) is 4.55 Å². The van der Waals surface area contributed by atoms with E-state index in [1.54, 1.807) is 0 Å². The molecule has 9 heavy (non-hydrogen) atoms. The van der Waals surface area contributed by atoms with Crippen molar-refractivity contribution in [2.45, 2.75) is 0 Å². The van der Waals surface area contributed by atoms with Gasteiger partial charge in [0.1, 0.15) is 0 Å². The molecule has 0 aliphatic heterocycles. The van der Waals surface area contributed by atoms with Crippen LogP contribution in [0.25, 0.3) is 0 Å². The van der Waals surface area contributed by atoms with Crippen LogP contribution in [-0.2, 0) is 10.1 Å². The van der Waals surface area contributed by atoms with E-state index in [4.69, 9.17) is 4.55 Å². The number of hydrogen-bond acceptors (Lipinski definition) is 2. The molecule has 0 saturated heterocycles. The zero-order valence-electron chi connectivity index (χ0n) is 6.87. The molecule has 0 aliphatic carbocycles. The molecular formula is C4H8BaO3S. The molecule has 0 aromatic heterocycles. The van der Waals surface area contributed by atoms with Crippen LogP contribution in [0.4, 0.5) is 0 Å². The molecule has 0 fully saturated rings. The van der Waals surface area contributed by atoms with Gasteiger partial charge in [0.05, 0.1) is 4.91 Å². The fourth-order valence-electron chi connectivity index (χ4n) is 0.105. The van der Waals surface area contributed by atoms with Gasteiger partial charge in [0, 0.05) is 0 Å². The Hall–Kier alpha value is 0.961. The van der Waals surface area contributed by atoms with Gasteiger partial charge in [0.15, 0.2) is 0 Å². The second kappa shape index (κ2) is 4.73. The summed E-state index contributed by atoms with van der Waals surface area (Å²) in [6.07, 6.45) is 0.968. The summed E-state index contributed by atoms with van der Waals surface area (Å²) in [6.45, 7) is 6.08. The molecule has 0 aromatic rings. The summed E-state index contributed by atoms with van der Waals surface area (Å²) in [5, 5.41) is 0. The van der Waals surface area contributed by atoms with E-state index in [0.29, 0.717) is 0 Å². The molecule has 0 atom stereocenters. The maximum Gasteiger partial charge on any atom is 2.00 e. The minimum atomic E-state index is -4.07. The smallest absolute Gasteiger partial charge is 1.00 e. The molecule has 0 radical (unpaired) electrons. The third-order valence-corrected chi connectivity index (χ3v) is 1.39. The monoisotopic (exact) mass is 274 g/mol. The molecule has 0 amide bonds. The summed E-state index contributed by atoms with van der Waals surface area (Å²) >= 11 is 0. The van der Waals surface area contributed by atoms with E-state index in [1.807, 2.05) is 0 Å². The Balaban J connectivity index is -0.0000000817. The number of rotatable bonds is 2. The Labute approximate surface area is 97.6 Å². The van der Waals surface area contributed by atoms with E-state index in [0.717, 1.165) is 6.08 Å². The fourth-order valence-corrected chi connectivity index (χ4v) is 0.316. The quantitative estimate of drug-likeness (QED) is 0.451. The first-order valence-electron chi connectivity index (χ1n) is 1.77. The second-order valence-electron chi connectivity index (χ2n) is 1.15. The van der Waals surface area contributed by atoms with Crippen molar-refractivity contribution < 1.29 is 15.8 Å². The molecule has 0 aliphatic rings. The van der Waals surface area contributed by atoms with Gasteiger partial charge < -0.3 is 2.85 Å². The van der Waals surface area contributed by atoms with E-state index in [1.165, 1.54) is 0 Å². The molecule has 50 valence electrons. The normalized spacial score (nSPS) is 9.44. The minimum Gasteiger partial charge on any atom is -1.00 e. The Bertz CT molecular complexity index is 211. The Morgan fingerprint density at radius 2 is 2.00 bits per heavy atom. The maximum atomic E-state index is 9.95. The van der Waals surface area contributed by atoms with Crippen LogP contribution >= 0.6 is 0 Å². The number of hydrogen-bond donors (Lipinski definition) is 1. The Kier molecular flexibility index (Phi) is 6.63. The van der Waals surface area contributed by atoms with E-state index in [2.05, 4.69) is 13.2 Å². The number of allylic oxidation sites excluding steroid dienone is 1. The van der Waals surface area contributed by atoms with Gasteiger partial charge in [-0.15, -0.1) is 0 Å². The Morgan fingerprint density at radius 1 is 1.67 bits per heavy atom. The van der Waals surface area contributed by atoms with Crippen LogP contribution in [0.5, 0.6) is 0 Å². The van der Waals surface area contributed by atoms with Gasteiger partial charge in [-0.05, 0) is 6.08 Å². The van der Waals surface area contributed by atoms with Crippen LogP contribution in [0, 0.1) is 0 Å². The van der Waals surface area contributed by atoms with E-state index < -0.39 is 10.1 Å². The minimum absolute atomic E-state index is 0. The second-order valence-corrected chi connectivity index (χ2v) is 2.62. The molecule has 5 heteroatoms. The van der Waals surface area contributed by atoms with E-state index in [9.17, 15) is 8.42 Å². The zero-order valence-corrected chi connectivity index (χ0v) is 10.1. The Morgan fingerprint density at radius 3 is 2.00 bits per heavy atom. The first-order chi connectivity index (χ1) is 3.48. The van der Waals surface area contributed by atoms with Crippen molar-refractivity contribution in [3.8, 4) is 0 Å². The summed E-state index contributed by atoms with van der Waals surface area (Å²) in [5.41, 5.74) is 0. The molecular weight excluding hydrogens is 265 g/mol. The molecule has 0 bridgehead atoms. The van der Waals surface area contributed by atoms with Crippen molar-refractivity contribution in [3.05, 3.63) is 24.1 Å². The van der Waals surface area contributed by atoms with E-state index >= 15 is 0 Å². The third kappa shape index (κ3) is 5.41. The van der Waals surface area contributed by atoms with Crippen LogP contribution in [-0.4, -0.2) is 61.9 Å². The molecule has 0 aromatic carbocycles. The average molecular weight is 274 g/mol. The van der Waals surface area contributed by atoms with Gasteiger partial charge >= 0.3 is 48.9 Å². The molecule has 3 nitrogen and oxygen atoms in total. The average Bonchev–Trinajstić information content (AvgIpc) is 1.62. The summed E-state index contributed by atoms with van der Waals surface area (Å²) in [4.78, 5) is -0.377. The predicted octanol–water partition coefficient (Wildman–Crippen LogP) is 0.418. The molecule has 1 N–H and O–H groups in total. The van der Waals surface area contributed by atoms with E-state index in [-0.39, 0.29) is 56.6 Å². The van der Waals surface area contributed by atoms with Crippen LogP contribution in [0.15, 0.2) is 24.1 Å². The predicted molar refractivity (Wildman–Crippen MR) is 38.9 cm³/mol. The van der Waals surface area contributed by atoms with Crippen molar-refractivity contribution in [2.75, 3.05) is 0 Å². The topological polar surface area (TPSA) is 54.4 Å². The van der Waals surface area contributed by atoms with Gasteiger partial charge in [0.2, 0.25) is 0 Å². The molecule has 0 heterocycles. The van der Waals surface area contributed by atoms with Gasteiger partial charge in [0.25, 0.3) is 10.1 Å². The molecule has 0 saturated carbocycles. The van der Waals surface area contributed by atoms with Crippen molar-refractivity contribution >= 4 is 59.0 Å². The summed E-state index contributed by atoms with van der Waals surface area (Å²) < 4.78 is 28.0. The zero-order chi connectivity index (χ0) is 6.78. The fraction of sp³-hybridized carbons (Fsp3) is 0. The first kappa shape index (κ1) is 12.6. The molecule has 0 spiro atoms. The van der Waals surface area contributed by atoms with Gasteiger partial charge in [-0.1, -0.05) is 13.2 Å². The standard InChI is InChI=1S/C4H6O3S.Ba.2H/c1-3-4(2)8(5,6)7;;;/h3H,1-2H2,(H,5,6,7);;;/q;+2;2*-1. The van der Waals surface area contributed by atoms with Crippen molar-refractivity contribution in [3.63, 3.8) is 0 Å².